The van der Waals surface area contributed by atoms with Crippen molar-refractivity contribution in [2.24, 2.45) is 46.8 Å². The second-order valence-corrected chi connectivity index (χ2v) is 8.85. The predicted molar refractivity (Wildman–Crippen MR) is 76.2 cm³/mol. The van der Waals surface area contributed by atoms with Crippen molar-refractivity contribution in [2.75, 3.05) is 0 Å². The Hall–Kier alpha value is 0. The first kappa shape index (κ1) is 11.8. The molecule has 0 radical (unpaired) electrons. The highest BCUT2D eigenvalue weighted by atomic mass is 14.7. The van der Waals surface area contributed by atoms with Crippen LogP contribution in [0.3, 0.4) is 0 Å². The zero-order chi connectivity index (χ0) is 12.5. The molecule has 0 aromatic heterocycles. The van der Waals surface area contributed by atoms with Crippen LogP contribution in [0.4, 0.5) is 0 Å². The van der Waals surface area contributed by atoms with Gasteiger partial charge in [0.05, 0.1) is 0 Å². The second kappa shape index (κ2) is 3.76. The van der Waals surface area contributed by atoms with Gasteiger partial charge in [-0.2, -0.15) is 0 Å². The van der Waals surface area contributed by atoms with E-state index in [2.05, 4.69) is 20.8 Å². The van der Waals surface area contributed by atoms with Crippen LogP contribution in [0.2, 0.25) is 0 Å². The van der Waals surface area contributed by atoms with Crippen LogP contribution in [-0.2, 0) is 0 Å². The average molecular weight is 246 g/mol. The summed E-state index contributed by atoms with van der Waals surface area (Å²) < 4.78 is 0. The van der Waals surface area contributed by atoms with Crippen LogP contribution in [0.25, 0.3) is 0 Å². The summed E-state index contributed by atoms with van der Waals surface area (Å²) in [5.74, 6) is 7.64. The lowest BCUT2D eigenvalue weighted by molar-refractivity contribution is -0.200. The molecule has 0 amide bonds. The normalized spacial score (nSPS) is 62.5. The minimum absolute atomic E-state index is 0.776. The maximum Gasteiger partial charge on any atom is -0.0259 e. The van der Waals surface area contributed by atoms with Crippen LogP contribution in [0.5, 0.6) is 0 Å². The van der Waals surface area contributed by atoms with Crippen LogP contribution in [-0.4, -0.2) is 0 Å². The molecule has 0 heteroatoms. The van der Waals surface area contributed by atoms with E-state index < -0.39 is 0 Å². The summed E-state index contributed by atoms with van der Waals surface area (Å²) in [6, 6.07) is 0. The second-order valence-electron chi connectivity index (χ2n) is 8.85. The SMILES string of the molecule is CC1CCC2C(C1)CC1CC(C)CC3CC2(C)C13. The fraction of sp³-hybridized carbons (Fsp3) is 1.00. The van der Waals surface area contributed by atoms with Crippen molar-refractivity contribution in [3.05, 3.63) is 0 Å². The van der Waals surface area contributed by atoms with Crippen LogP contribution in [0.15, 0.2) is 0 Å². The van der Waals surface area contributed by atoms with Gasteiger partial charge in [-0.15, -0.1) is 0 Å². The predicted octanol–water partition coefficient (Wildman–Crippen LogP) is 5.13. The third-order valence-corrected chi connectivity index (χ3v) is 7.59. The number of hydrogen-bond donors (Lipinski definition) is 0. The molecule has 102 valence electrons. The first-order valence-corrected chi connectivity index (χ1v) is 8.58. The van der Waals surface area contributed by atoms with Gasteiger partial charge in [-0.1, -0.05) is 27.2 Å². The maximum atomic E-state index is 2.68. The number of hydrogen-bond acceptors (Lipinski definition) is 0. The molecule has 0 saturated heterocycles. The number of fused-ring (bicyclic) bond motifs is 2. The zero-order valence-electron chi connectivity index (χ0n) is 12.5. The molecule has 0 bridgehead atoms. The van der Waals surface area contributed by atoms with Gasteiger partial charge in [0.25, 0.3) is 0 Å². The fourth-order valence-corrected chi connectivity index (χ4v) is 7.29. The van der Waals surface area contributed by atoms with Gasteiger partial charge in [-0.25, -0.2) is 0 Å². The molecule has 0 spiro atoms. The van der Waals surface area contributed by atoms with Crippen LogP contribution in [0, 0.1) is 46.8 Å². The molecule has 4 rings (SSSR count). The van der Waals surface area contributed by atoms with Crippen LogP contribution in [0.1, 0.15) is 65.7 Å². The van der Waals surface area contributed by atoms with Crippen molar-refractivity contribution in [3.63, 3.8) is 0 Å². The summed E-state index contributed by atoms with van der Waals surface area (Å²) in [4.78, 5) is 0. The maximum absolute atomic E-state index is 2.68. The molecule has 0 N–H and O–H groups in total. The van der Waals surface area contributed by atoms with Crippen LogP contribution < -0.4 is 0 Å². The fourth-order valence-electron chi connectivity index (χ4n) is 7.29. The van der Waals surface area contributed by atoms with Crippen molar-refractivity contribution in [1.29, 1.82) is 0 Å². The summed E-state index contributed by atoms with van der Waals surface area (Å²) >= 11 is 0. The van der Waals surface area contributed by atoms with Gasteiger partial charge in [0.2, 0.25) is 0 Å². The average Bonchev–Trinajstić information content (AvgIpc) is 2.25. The molecule has 4 saturated carbocycles. The molecule has 0 aromatic rings. The van der Waals surface area contributed by atoms with E-state index in [9.17, 15) is 0 Å². The van der Waals surface area contributed by atoms with Gasteiger partial charge in [0.15, 0.2) is 0 Å². The molecule has 4 aliphatic rings. The Morgan fingerprint density at radius 1 is 0.778 bits per heavy atom. The molecule has 0 aliphatic heterocycles. The highest BCUT2D eigenvalue weighted by Gasteiger charge is 2.63. The Balaban J connectivity index is 1.62. The van der Waals surface area contributed by atoms with E-state index in [4.69, 9.17) is 0 Å². The largest absolute Gasteiger partial charge is 0.0625 e. The molecule has 0 nitrogen and oxygen atoms in total. The summed E-state index contributed by atoms with van der Waals surface area (Å²) in [5, 5.41) is 0. The minimum Gasteiger partial charge on any atom is -0.0625 e. The van der Waals surface area contributed by atoms with E-state index >= 15 is 0 Å². The van der Waals surface area contributed by atoms with E-state index in [-0.39, 0.29) is 0 Å². The summed E-state index contributed by atoms with van der Waals surface area (Å²) in [7, 11) is 0. The van der Waals surface area contributed by atoms with Gasteiger partial charge >= 0.3 is 0 Å². The van der Waals surface area contributed by atoms with Gasteiger partial charge in [0.1, 0.15) is 0 Å². The minimum atomic E-state index is 0.776. The van der Waals surface area contributed by atoms with Crippen molar-refractivity contribution in [2.45, 2.75) is 65.7 Å². The third kappa shape index (κ3) is 1.44. The van der Waals surface area contributed by atoms with Crippen LogP contribution >= 0.6 is 0 Å². The summed E-state index contributed by atoms with van der Waals surface area (Å²) in [5.41, 5.74) is 0.776. The Kier molecular flexibility index (Phi) is 2.47. The smallest absolute Gasteiger partial charge is 0.0259 e. The quantitative estimate of drug-likeness (QED) is 0.556. The Bertz CT molecular complexity index is 334. The monoisotopic (exact) mass is 246 g/mol. The highest BCUT2D eigenvalue weighted by Crippen LogP contribution is 2.70. The van der Waals surface area contributed by atoms with E-state index in [0.29, 0.717) is 0 Å². The first-order valence-electron chi connectivity index (χ1n) is 8.58. The van der Waals surface area contributed by atoms with E-state index in [0.717, 1.165) is 46.8 Å². The lowest BCUT2D eigenvalue weighted by Gasteiger charge is -2.69. The molecule has 4 aliphatic carbocycles. The van der Waals surface area contributed by atoms with Crippen molar-refractivity contribution >= 4 is 0 Å². The first-order chi connectivity index (χ1) is 8.58. The number of rotatable bonds is 0. The van der Waals surface area contributed by atoms with Crippen molar-refractivity contribution in [1.82, 2.24) is 0 Å². The van der Waals surface area contributed by atoms with Gasteiger partial charge in [-0.3, -0.25) is 0 Å². The molecular formula is C18H30. The molecule has 8 atom stereocenters. The van der Waals surface area contributed by atoms with Gasteiger partial charge < -0.3 is 0 Å². The standard InChI is InChI=1S/C18H30/c1-11-4-5-16-13(6-11)9-14-7-12(2)8-15-10-18(16,3)17(14)15/h11-17H,4-10H2,1-3H3. The topological polar surface area (TPSA) is 0 Å². The van der Waals surface area contributed by atoms with E-state index in [1.54, 1.807) is 38.5 Å². The zero-order valence-corrected chi connectivity index (χ0v) is 12.5. The Morgan fingerprint density at radius 2 is 1.50 bits per heavy atom. The molecule has 8 unspecified atom stereocenters. The molecule has 4 fully saturated rings. The Morgan fingerprint density at radius 3 is 2.33 bits per heavy atom. The van der Waals surface area contributed by atoms with Crippen molar-refractivity contribution in [3.8, 4) is 0 Å². The van der Waals surface area contributed by atoms with Crippen molar-refractivity contribution < 1.29 is 0 Å². The Labute approximate surface area is 113 Å². The molecule has 18 heavy (non-hydrogen) atoms. The van der Waals surface area contributed by atoms with E-state index in [1.807, 2.05) is 0 Å². The highest BCUT2D eigenvalue weighted by molar-refractivity contribution is 5.12. The lowest BCUT2D eigenvalue weighted by atomic mass is 9.36. The van der Waals surface area contributed by atoms with Gasteiger partial charge in [-0.05, 0) is 85.4 Å². The molecular weight excluding hydrogens is 216 g/mol. The lowest BCUT2D eigenvalue weighted by Crippen LogP contribution is -2.61. The molecule has 0 heterocycles. The van der Waals surface area contributed by atoms with Gasteiger partial charge in [0, 0.05) is 0 Å². The third-order valence-electron chi connectivity index (χ3n) is 7.59. The summed E-state index contributed by atoms with van der Waals surface area (Å²) in [6.07, 6.45) is 11.0. The summed E-state index contributed by atoms with van der Waals surface area (Å²) in [6.45, 7) is 7.70. The van der Waals surface area contributed by atoms with E-state index in [1.165, 1.54) is 6.42 Å². The molecule has 0 aromatic carbocycles.